The SMILES string of the molecule is COc1ccc(-n2ccc(C(=O)O)n2)c([N+](=O)[O-])c1. The molecule has 0 amide bonds. The van der Waals surface area contributed by atoms with E-state index in [4.69, 9.17) is 9.84 Å². The van der Waals surface area contributed by atoms with E-state index >= 15 is 0 Å². The molecule has 0 aliphatic carbocycles. The minimum absolute atomic E-state index is 0.165. The molecule has 98 valence electrons. The maximum Gasteiger partial charge on any atom is 0.356 e. The molecule has 2 rings (SSSR count). The van der Waals surface area contributed by atoms with Gasteiger partial charge in [0.05, 0.1) is 18.1 Å². The van der Waals surface area contributed by atoms with Crippen LogP contribution in [0.3, 0.4) is 0 Å². The van der Waals surface area contributed by atoms with Crippen molar-refractivity contribution < 1.29 is 19.6 Å². The highest BCUT2D eigenvalue weighted by Crippen LogP contribution is 2.27. The van der Waals surface area contributed by atoms with Crippen LogP contribution in [0, 0.1) is 10.1 Å². The number of aromatic carboxylic acids is 1. The van der Waals surface area contributed by atoms with Crippen molar-refractivity contribution in [1.29, 1.82) is 0 Å². The van der Waals surface area contributed by atoms with Crippen LogP contribution in [0.1, 0.15) is 10.5 Å². The Bertz CT molecular complexity index is 650. The lowest BCUT2D eigenvalue weighted by Gasteiger charge is -2.05. The molecule has 0 spiro atoms. The highest BCUT2D eigenvalue weighted by atomic mass is 16.6. The van der Waals surface area contributed by atoms with E-state index in [0.29, 0.717) is 5.75 Å². The first-order valence-electron chi connectivity index (χ1n) is 5.14. The van der Waals surface area contributed by atoms with Gasteiger partial charge in [-0.05, 0) is 18.2 Å². The number of methoxy groups -OCH3 is 1. The van der Waals surface area contributed by atoms with Crippen LogP contribution in [0.15, 0.2) is 30.5 Å². The van der Waals surface area contributed by atoms with Gasteiger partial charge >= 0.3 is 5.97 Å². The third kappa shape index (κ3) is 2.37. The van der Waals surface area contributed by atoms with E-state index < -0.39 is 10.9 Å². The topological polar surface area (TPSA) is 107 Å². The molecule has 19 heavy (non-hydrogen) atoms. The molecule has 1 heterocycles. The van der Waals surface area contributed by atoms with Gasteiger partial charge in [-0.2, -0.15) is 5.10 Å². The number of carboxylic acids is 1. The Morgan fingerprint density at radius 2 is 2.21 bits per heavy atom. The Labute approximate surface area is 107 Å². The van der Waals surface area contributed by atoms with Gasteiger partial charge in [0, 0.05) is 6.20 Å². The van der Waals surface area contributed by atoms with Crippen molar-refractivity contribution in [3.8, 4) is 11.4 Å². The van der Waals surface area contributed by atoms with Gasteiger partial charge in [-0.1, -0.05) is 0 Å². The van der Waals surface area contributed by atoms with E-state index in [-0.39, 0.29) is 17.1 Å². The largest absolute Gasteiger partial charge is 0.496 e. The number of hydrogen-bond acceptors (Lipinski definition) is 5. The molecule has 8 heteroatoms. The number of carbonyl (C=O) groups is 1. The van der Waals surface area contributed by atoms with Gasteiger partial charge in [0.1, 0.15) is 11.4 Å². The zero-order valence-corrected chi connectivity index (χ0v) is 9.81. The molecule has 0 saturated carbocycles. The molecule has 0 radical (unpaired) electrons. The first kappa shape index (κ1) is 12.6. The predicted octanol–water partition coefficient (Wildman–Crippen LogP) is 1.49. The van der Waals surface area contributed by atoms with Crippen molar-refractivity contribution in [2.45, 2.75) is 0 Å². The van der Waals surface area contributed by atoms with E-state index in [9.17, 15) is 14.9 Å². The molecule has 0 aliphatic heterocycles. The minimum atomic E-state index is -1.20. The Balaban J connectivity index is 2.54. The van der Waals surface area contributed by atoms with E-state index in [2.05, 4.69) is 5.10 Å². The molecular weight excluding hydrogens is 254 g/mol. The summed E-state index contributed by atoms with van der Waals surface area (Å²) in [6.45, 7) is 0. The fraction of sp³-hybridized carbons (Fsp3) is 0.0909. The first-order valence-corrected chi connectivity index (χ1v) is 5.14. The normalized spacial score (nSPS) is 10.2. The quantitative estimate of drug-likeness (QED) is 0.661. The Kier molecular flexibility index (Phi) is 3.15. The van der Waals surface area contributed by atoms with Crippen LogP contribution < -0.4 is 4.74 Å². The molecule has 0 aliphatic rings. The van der Waals surface area contributed by atoms with Gasteiger partial charge in [-0.15, -0.1) is 0 Å². The average molecular weight is 263 g/mol. The zero-order valence-electron chi connectivity index (χ0n) is 9.81. The molecule has 1 aromatic heterocycles. The van der Waals surface area contributed by atoms with Crippen LogP contribution in [-0.2, 0) is 0 Å². The summed E-state index contributed by atoms with van der Waals surface area (Å²) < 4.78 is 6.05. The van der Waals surface area contributed by atoms with E-state index in [0.717, 1.165) is 4.68 Å². The van der Waals surface area contributed by atoms with Gasteiger partial charge in [0.15, 0.2) is 5.69 Å². The number of benzene rings is 1. The number of hydrogen-bond donors (Lipinski definition) is 1. The summed E-state index contributed by atoms with van der Waals surface area (Å²) >= 11 is 0. The van der Waals surface area contributed by atoms with Crippen LogP contribution in [0.25, 0.3) is 5.69 Å². The summed E-state index contributed by atoms with van der Waals surface area (Å²) in [5.41, 5.74) is -0.247. The first-order chi connectivity index (χ1) is 9.02. The molecular formula is C11H9N3O5. The maximum absolute atomic E-state index is 11.0. The number of aromatic nitrogens is 2. The minimum Gasteiger partial charge on any atom is -0.496 e. The van der Waals surface area contributed by atoms with Crippen molar-refractivity contribution in [3.63, 3.8) is 0 Å². The van der Waals surface area contributed by atoms with Gasteiger partial charge in [0.2, 0.25) is 0 Å². The third-order valence-corrected chi connectivity index (χ3v) is 2.43. The second-order valence-corrected chi connectivity index (χ2v) is 3.56. The maximum atomic E-state index is 11.0. The van der Waals surface area contributed by atoms with Gasteiger partial charge in [-0.25, -0.2) is 9.48 Å². The lowest BCUT2D eigenvalue weighted by Crippen LogP contribution is -2.04. The highest BCUT2D eigenvalue weighted by Gasteiger charge is 2.18. The fourth-order valence-electron chi connectivity index (χ4n) is 1.54. The molecule has 1 N–H and O–H groups in total. The molecule has 0 unspecified atom stereocenters. The number of nitro benzene ring substituents is 1. The van der Waals surface area contributed by atoms with Gasteiger partial charge in [-0.3, -0.25) is 10.1 Å². The monoisotopic (exact) mass is 263 g/mol. The van der Waals surface area contributed by atoms with Gasteiger partial charge in [0.25, 0.3) is 5.69 Å². The molecule has 0 atom stereocenters. The molecule has 8 nitrogen and oxygen atoms in total. The van der Waals surface area contributed by atoms with Crippen molar-refractivity contribution in [1.82, 2.24) is 9.78 Å². The molecule has 0 fully saturated rings. The standard InChI is InChI=1S/C11H9N3O5/c1-19-7-2-3-9(10(6-7)14(17)18)13-5-4-8(12-13)11(15)16/h2-6H,1H3,(H,15,16). The van der Waals surface area contributed by atoms with Crippen molar-refractivity contribution >= 4 is 11.7 Å². The third-order valence-electron chi connectivity index (χ3n) is 2.43. The Morgan fingerprint density at radius 1 is 1.47 bits per heavy atom. The van der Waals surface area contributed by atoms with Crippen LogP contribution in [0.4, 0.5) is 5.69 Å². The number of ether oxygens (including phenoxy) is 1. The smallest absolute Gasteiger partial charge is 0.356 e. The number of nitro groups is 1. The number of carboxylic acid groups (broad SMARTS) is 1. The lowest BCUT2D eigenvalue weighted by molar-refractivity contribution is -0.384. The van der Waals surface area contributed by atoms with Crippen LogP contribution in [0.2, 0.25) is 0 Å². The second kappa shape index (κ2) is 4.77. The summed E-state index contributed by atoms with van der Waals surface area (Å²) in [5.74, 6) is -0.865. The van der Waals surface area contributed by atoms with E-state index in [1.165, 1.54) is 37.6 Å². The van der Waals surface area contributed by atoms with Crippen molar-refractivity contribution in [2.75, 3.05) is 7.11 Å². The average Bonchev–Trinajstić information content (AvgIpc) is 2.87. The molecule has 0 saturated heterocycles. The summed E-state index contributed by atoms with van der Waals surface area (Å²) in [4.78, 5) is 21.1. The summed E-state index contributed by atoms with van der Waals surface area (Å²) in [7, 11) is 1.40. The zero-order chi connectivity index (χ0) is 14.0. The number of nitrogens with zero attached hydrogens (tertiary/aromatic N) is 3. The number of rotatable bonds is 4. The van der Waals surface area contributed by atoms with Crippen molar-refractivity contribution in [2.24, 2.45) is 0 Å². The summed E-state index contributed by atoms with van der Waals surface area (Å²) in [5, 5.41) is 23.5. The highest BCUT2D eigenvalue weighted by molar-refractivity contribution is 5.85. The fourth-order valence-corrected chi connectivity index (χ4v) is 1.54. The summed E-state index contributed by atoms with van der Waals surface area (Å²) in [6.07, 6.45) is 1.35. The molecule has 2 aromatic rings. The van der Waals surface area contributed by atoms with Crippen LogP contribution in [0.5, 0.6) is 5.75 Å². The molecule has 0 bridgehead atoms. The van der Waals surface area contributed by atoms with Crippen LogP contribution in [-0.4, -0.2) is 32.9 Å². The predicted molar refractivity (Wildman–Crippen MR) is 63.7 cm³/mol. The summed E-state index contributed by atoms with van der Waals surface area (Å²) in [6, 6.07) is 5.48. The van der Waals surface area contributed by atoms with Gasteiger partial charge < -0.3 is 9.84 Å². The Morgan fingerprint density at radius 3 is 2.74 bits per heavy atom. The van der Waals surface area contributed by atoms with Crippen LogP contribution >= 0.6 is 0 Å². The second-order valence-electron chi connectivity index (χ2n) is 3.56. The van der Waals surface area contributed by atoms with E-state index in [1.807, 2.05) is 0 Å². The van der Waals surface area contributed by atoms with Crippen molar-refractivity contribution in [3.05, 3.63) is 46.3 Å². The Hall–Kier alpha value is -2.90. The van der Waals surface area contributed by atoms with E-state index in [1.54, 1.807) is 0 Å². The lowest BCUT2D eigenvalue weighted by atomic mass is 10.2. The molecule has 1 aromatic carbocycles.